The first-order chi connectivity index (χ1) is 16.1. The van der Waals surface area contributed by atoms with Crippen LogP contribution in [-0.4, -0.2) is 38.7 Å². The molecule has 0 saturated heterocycles. The zero-order chi connectivity index (χ0) is 23.0. The molecule has 1 aliphatic heterocycles. The number of hydrogen-bond donors (Lipinski definition) is 1. The molecule has 0 unspecified atom stereocenters. The average molecular weight is 447 g/mol. The van der Waals surface area contributed by atoms with Crippen LogP contribution in [0.4, 0.5) is 11.4 Å². The number of carbonyl (C=O) groups is 2. The molecular formula is C26H26N2O5. The third-order valence-electron chi connectivity index (χ3n) is 5.31. The predicted octanol–water partition coefficient (Wildman–Crippen LogP) is 4.07. The van der Waals surface area contributed by atoms with Gasteiger partial charge in [-0.25, -0.2) is 0 Å². The highest BCUT2D eigenvalue weighted by Gasteiger charge is 2.26. The molecule has 2 amide bonds. The van der Waals surface area contributed by atoms with Gasteiger partial charge in [-0.15, -0.1) is 0 Å². The monoisotopic (exact) mass is 446 g/mol. The molecule has 4 rings (SSSR count). The number of fused-ring (bicyclic) bond motifs is 1. The minimum atomic E-state index is -0.159. The van der Waals surface area contributed by atoms with Crippen LogP contribution >= 0.6 is 0 Å². The van der Waals surface area contributed by atoms with Crippen molar-refractivity contribution in [1.82, 2.24) is 0 Å². The van der Waals surface area contributed by atoms with E-state index in [0.717, 1.165) is 11.3 Å². The molecule has 0 radical (unpaired) electrons. The fourth-order valence-corrected chi connectivity index (χ4v) is 3.58. The van der Waals surface area contributed by atoms with Crippen molar-refractivity contribution < 1.29 is 23.8 Å². The second-order valence-electron chi connectivity index (χ2n) is 7.57. The Morgan fingerprint density at radius 3 is 2.55 bits per heavy atom. The van der Waals surface area contributed by atoms with E-state index in [0.29, 0.717) is 48.9 Å². The molecule has 0 bridgehead atoms. The molecule has 0 aromatic heterocycles. The minimum absolute atomic E-state index is 0.0294. The summed E-state index contributed by atoms with van der Waals surface area (Å²) in [6, 6.07) is 22.5. The smallest absolute Gasteiger partial charge is 0.265 e. The molecule has 3 aromatic rings. The number of nitrogens with one attached hydrogen (secondary N) is 1. The van der Waals surface area contributed by atoms with Crippen molar-refractivity contribution in [3.63, 3.8) is 0 Å². The van der Waals surface area contributed by atoms with E-state index in [1.807, 2.05) is 54.6 Å². The first-order valence-corrected chi connectivity index (χ1v) is 10.8. The number of amides is 2. The lowest BCUT2D eigenvalue weighted by molar-refractivity contribution is -0.121. The van der Waals surface area contributed by atoms with Crippen LogP contribution in [-0.2, 0) is 16.0 Å². The Labute approximate surface area is 192 Å². The lowest BCUT2D eigenvalue weighted by Gasteiger charge is -2.29. The molecule has 0 aliphatic carbocycles. The first-order valence-electron chi connectivity index (χ1n) is 10.8. The summed E-state index contributed by atoms with van der Waals surface area (Å²) in [5.74, 6) is 1.79. The van der Waals surface area contributed by atoms with Gasteiger partial charge in [0.1, 0.15) is 23.9 Å². The van der Waals surface area contributed by atoms with Crippen molar-refractivity contribution >= 4 is 23.2 Å². The van der Waals surface area contributed by atoms with Crippen LogP contribution in [0.5, 0.6) is 17.2 Å². The fraction of sp³-hybridized carbons (Fsp3) is 0.231. The number of anilines is 2. The number of nitrogens with zero attached hydrogens (tertiary/aromatic N) is 1. The number of methoxy groups -OCH3 is 1. The third-order valence-corrected chi connectivity index (χ3v) is 5.31. The number of ether oxygens (including phenoxy) is 3. The SMILES string of the molecule is COc1ccc(OCCN2C(=O)COc3ccc(NC(=O)CCc4ccccc4)cc32)cc1. The van der Waals surface area contributed by atoms with Gasteiger partial charge < -0.3 is 24.4 Å². The molecule has 170 valence electrons. The summed E-state index contributed by atoms with van der Waals surface area (Å²) >= 11 is 0. The van der Waals surface area contributed by atoms with Gasteiger partial charge in [0.15, 0.2) is 6.61 Å². The summed E-state index contributed by atoms with van der Waals surface area (Å²) in [7, 11) is 1.61. The second-order valence-corrected chi connectivity index (χ2v) is 7.57. The number of aryl methyl sites for hydroxylation is 1. The number of benzene rings is 3. The summed E-state index contributed by atoms with van der Waals surface area (Å²) in [6.45, 7) is 0.635. The summed E-state index contributed by atoms with van der Waals surface area (Å²) in [5, 5.41) is 2.91. The van der Waals surface area contributed by atoms with Gasteiger partial charge in [0, 0.05) is 12.1 Å². The standard InChI is InChI=1S/C26H26N2O5/c1-31-21-9-11-22(12-10-21)32-16-15-28-23-17-20(8-13-24(23)33-18-26(28)30)27-25(29)14-7-19-5-3-2-4-6-19/h2-6,8-13,17H,7,14-16,18H2,1H3,(H,27,29). The van der Waals surface area contributed by atoms with Gasteiger partial charge in [-0.3, -0.25) is 9.59 Å². The van der Waals surface area contributed by atoms with Crippen molar-refractivity contribution in [2.45, 2.75) is 12.8 Å². The minimum Gasteiger partial charge on any atom is -0.497 e. The zero-order valence-corrected chi connectivity index (χ0v) is 18.5. The highest BCUT2D eigenvalue weighted by Crippen LogP contribution is 2.34. The van der Waals surface area contributed by atoms with Gasteiger partial charge in [0.05, 0.1) is 19.3 Å². The summed E-state index contributed by atoms with van der Waals surface area (Å²) in [6.07, 6.45) is 1.03. The van der Waals surface area contributed by atoms with E-state index in [1.165, 1.54) is 0 Å². The molecule has 7 heteroatoms. The summed E-state index contributed by atoms with van der Waals surface area (Å²) in [5.41, 5.74) is 2.34. The Morgan fingerprint density at radius 2 is 1.79 bits per heavy atom. The van der Waals surface area contributed by atoms with Crippen LogP contribution in [0.15, 0.2) is 72.8 Å². The molecule has 1 aliphatic rings. The Kier molecular flexibility index (Phi) is 7.09. The Bertz CT molecular complexity index is 1100. The van der Waals surface area contributed by atoms with E-state index in [-0.39, 0.29) is 18.4 Å². The van der Waals surface area contributed by atoms with Gasteiger partial charge in [-0.2, -0.15) is 0 Å². The van der Waals surface area contributed by atoms with Crippen LogP contribution in [0.25, 0.3) is 0 Å². The maximum atomic E-state index is 12.5. The van der Waals surface area contributed by atoms with Crippen LogP contribution in [0.2, 0.25) is 0 Å². The number of hydrogen-bond acceptors (Lipinski definition) is 5. The van der Waals surface area contributed by atoms with Gasteiger partial charge in [0.2, 0.25) is 5.91 Å². The Morgan fingerprint density at radius 1 is 1.03 bits per heavy atom. The number of carbonyl (C=O) groups excluding carboxylic acids is 2. The molecule has 1 N–H and O–H groups in total. The molecule has 1 heterocycles. The van der Waals surface area contributed by atoms with Crippen LogP contribution in [0, 0.1) is 0 Å². The highest BCUT2D eigenvalue weighted by molar-refractivity contribution is 5.99. The molecule has 0 fully saturated rings. The highest BCUT2D eigenvalue weighted by atomic mass is 16.5. The third kappa shape index (κ3) is 5.83. The molecular weight excluding hydrogens is 420 g/mol. The van der Waals surface area contributed by atoms with E-state index in [1.54, 1.807) is 30.2 Å². The van der Waals surface area contributed by atoms with E-state index in [2.05, 4.69) is 5.32 Å². The normalized spacial score (nSPS) is 12.5. The molecule has 0 saturated carbocycles. The van der Waals surface area contributed by atoms with E-state index in [9.17, 15) is 9.59 Å². The summed E-state index contributed by atoms with van der Waals surface area (Å²) < 4.78 is 16.5. The van der Waals surface area contributed by atoms with Crippen molar-refractivity contribution in [3.05, 3.63) is 78.4 Å². The molecule has 3 aromatic carbocycles. The Hall–Kier alpha value is -4.00. The lowest BCUT2D eigenvalue weighted by Crippen LogP contribution is -2.41. The van der Waals surface area contributed by atoms with Gasteiger partial charge in [0.25, 0.3) is 5.91 Å². The zero-order valence-electron chi connectivity index (χ0n) is 18.5. The van der Waals surface area contributed by atoms with Gasteiger partial charge in [-0.05, 0) is 54.4 Å². The van der Waals surface area contributed by atoms with E-state index >= 15 is 0 Å². The lowest BCUT2D eigenvalue weighted by atomic mass is 10.1. The van der Waals surface area contributed by atoms with Gasteiger partial charge in [-0.1, -0.05) is 30.3 Å². The van der Waals surface area contributed by atoms with Crippen molar-refractivity contribution in [3.8, 4) is 17.2 Å². The van der Waals surface area contributed by atoms with Crippen molar-refractivity contribution in [1.29, 1.82) is 0 Å². The average Bonchev–Trinajstić information content (AvgIpc) is 2.85. The van der Waals surface area contributed by atoms with Crippen molar-refractivity contribution in [2.24, 2.45) is 0 Å². The second kappa shape index (κ2) is 10.5. The van der Waals surface area contributed by atoms with E-state index < -0.39 is 0 Å². The van der Waals surface area contributed by atoms with Crippen LogP contribution < -0.4 is 24.4 Å². The largest absolute Gasteiger partial charge is 0.497 e. The first kappa shape index (κ1) is 22.2. The quantitative estimate of drug-likeness (QED) is 0.536. The van der Waals surface area contributed by atoms with Crippen LogP contribution in [0.1, 0.15) is 12.0 Å². The van der Waals surface area contributed by atoms with Crippen molar-refractivity contribution in [2.75, 3.05) is 37.1 Å². The molecule has 0 spiro atoms. The summed E-state index contributed by atoms with van der Waals surface area (Å²) in [4.78, 5) is 26.6. The van der Waals surface area contributed by atoms with Gasteiger partial charge >= 0.3 is 0 Å². The Balaban J connectivity index is 1.37. The molecule has 0 atom stereocenters. The molecule has 33 heavy (non-hydrogen) atoms. The molecule has 7 nitrogen and oxygen atoms in total. The maximum absolute atomic E-state index is 12.5. The predicted molar refractivity (Wildman–Crippen MR) is 126 cm³/mol. The topological polar surface area (TPSA) is 77.1 Å². The van der Waals surface area contributed by atoms with E-state index in [4.69, 9.17) is 14.2 Å². The van der Waals surface area contributed by atoms with Crippen LogP contribution in [0.3, 0.4) is 0 Å². The maximum Gasteiger partial charge on any atom is 0.265 e. The number of rotatable bonds is 9. The fourth-order valence-electron chi connectivity index (χ4n) is 3.58.